The summed E-state index contributed by atoms with van der Waals surface area (Å²) in [4.78, 5) is 25.7. The van der Waals surface area contributed by atoms with Crippen LogP contribution in [0, 0.1) is 0 Å². The molecule has 1 saturated heterocycles. The summed E-state index contributed by atoms with van der Waals surface area (Å²) >= 11 is 1.57. The molecule has 1 fully saturated rings. The zero-order valence-electron chi connectivity index (χ0n) is 18.9. The number of carbonyl (C=O) groups is 2. The van der Waals surface area contributed by atoms with Crippen LogP contribution in [0.15, 0.2) is 42.5 Å². The van der Waals surface area contributed by atoms with Gasteiger partial charge in [0.2, 0.25) is 0 Å². The number of nitrogens with zero attached hydrogens (tertiary/aromatic N) is 3. The van der Waals surface area contributed by atoms with Crippen molar-refractivity contribution in [3.8, 4) is 22.1 Å². The minimum absolute atomic E-state index is 0.166. The predicted molar refractivity (Wildman–Crippen MR) is 124 cm³/mol. The molecule has 1 aliphatic rings. The van der Waals surface area contributed by atoms with Crippen LogP contribution in [0.3, 0.4) is 0 Å². The summed E-state index contributed by atoms with van der Waals surface area (Å²) in [6.45, 7) is 6.82. The molecule has 33 heavy (non-hydrogen) atoms. The molecule has 1 aliphatic heterocycles. The molecule has 4 rings (SSSR count). The van der Waals surface area contributed by atoms with Crippen LogP contribution in [0.25, 0.3) is 10.6 Å². The van der Waals surface area contributed by atoms with Crippen molar-refractivity contribution in [3.63, 3.8) is 0 Å². The quantitative estimate of drug-likeness (QED) is 0.438. The smallest absolute Gasteiger partial charge is 0.410 e. The van der Waals surface area contributed by atoms with Gasteiger partial charge in [-0.2, -0.15) is 0 Å². The van der Waals surface area contributed by atoms with Gasteiger partial charge in [-0.3, -0.25) is 0 Å². The minimum atomic E-state index is -0.465. The normalized spacial score (nSPS) is 15.6. The van der Waals surface area contributed by atoms with Crippen LogP contribution in [0.4, 0.5) is 4.79 Å². The monoisotopic (exact) mass is 467 g/mol. The van der Waals surface area contributed by atoms with E-state index in [1.54, 1.807) is 34.4 Å². The van der Waals surface area contributed by atoms with Crippen molar-refractivity contribution >= 4 is 23.4 Å². The van der Waals surface area contributed by atoms with Crippen molar-refractivity contribution in [2.75, 3.05) is 13.7 Å². The molecule has 0 saturated carbocycles. The topological polar surface area (TPSA) is 90.8 Å². The predicted octanol–water partition coefficient (Wildman–Crippen LogP) is 5.25. The van der Waals surface area contributed by atoms with Crippen LogP contribution in [0.1, 0.15) is 47.6 Å². The lowest BCUT2D eigenvalue weighted by Crippen LogP contribution is -2.24. The first kappa shape index (κ1) is 22.7. The molecule has 0 spiro atoms. The van der Waals surface area contributed by atoms with Crippen molar-refractivity contribution in [3.05, 3.63) is 58.6 Å². The highest BCUT2D eigenvalue weighted by Crippen LogP contribution is 2.32. The lowest BCUT2D eigenvalue weighted by molar-refractivity contribution is 0.0600. The van der Waals surface area contributed by atoms with Crippen molar-refractivity contribution in [2.24, 2.45) is 0 Å². The van der Waals surface area contributed by atoms with E-state index in [1.165, 1.54) is 7.11 Å². The third-order valence-electron chi connectivity index (χ3n) is 5.15. The molecule has 1 unspecified atom stereocenters. The van der Waals surface area contributed by atoms with Gasteiger partial charge in [0.05, 0.1) is 25.8 Å². The largest absolute Gasteiger partial charge is 0.465 e. The van der Waals surface area contributed by atoms with Crippen molar-refractivity contribution in [1.82, 2.24) is 15.1 Å². The molecule has 1 atom stereocenters. The second kappa shape index (κ2) is 9.58. The maximum atomic E-state index is 12.1. The van der Waals surface area contributed by atoms with Gasteiger partial charge in [-0.25, -0.2) is 9.59 Å². The van der Waals surface area contributed by atoms with E-state index in [0.29, 0.717) is 36.1 Å². The molecule has 0 N–H and O–H groups in total. The van der Waals surface area contributed by atoms with Gasteiger partial charge >= 0.3 is 12.1 Å². The Morgan fingerprint density at radius 1 is 1.21 bits per heavy atom. The number of benzene rings is 2. The molecule has 9 heteroatoms. The van der Waals surface area contributed by atoms with Gasteiger partial charge < -0.3 is 19.1 Å². The first-order chi connectivity index (χ1) is 15.8. The summed E-state index contributed by atoms with van der Waals surface area (Å²) in [6.07, 6.45) is -0.534. The maximum absolute atomic E-state index is 12.1. The first-order valence-electron chi connectivity index (χ1n) is 10.6. The zero-order chi connectivity index (χ0) is 23.5. The van der Waals surface area contributed by atoms with Gasteiger partial charge in [0.25, 0.3) is 0 Å². The number of hydrogen-bond acceptors (Lipinski definition) is 8. The molecular weight excluding hydrogens is 442 g/mol. The summed E-state index contributed by atoms with van der Waals surface area (Å²) in [5, 5.41) is 10.4. The number of rotatable bonds is 7. The first-order valence-corrected chi connectivity index (χ1v) is 11.4. The number of ether oxygens (including phenoxy) is 3. The van der Waals surface area contributed by atoms with Gasteiger partial charge in [-0.1, -0.05) is 31.3 Å². The average molecular weight is 468 g/mol. The van der Waals surface area contributed by atoms with Crippen LogP contribution in [0.5, 0.6) is 11.5 Å². The summed E-state index contributed by atoms with van der Waals surface area (Å²) in [5.41, 5.74) is 2.06. The fourth-order valence-corrected chi connectivity index (χ4v) is 4.26. The highest BCUT2D eigenvalue weighted by molar-refractivity contribution is 7.14. The molecule has 0 aliphatic carbocycles. The van der Waals surface area contributed by atoms with Crippen LogP contribution in [-0.2, 0) is 16.0 Å². The van der Waals surface area contributed by atoms with E-state index in [-0.39, 0.29) is 12.2 Å². The number of hydrogen-bond donors (Lipinski definition) is 0. The molecule has 172 valence electrons. The Hall–Kier alpha value is -3.46. The number of cyclic esters (lactones) is 1. The zero-order valence-corrected chi connectivity index (χ0v) is 19.7. The SMILES string of the molecule is COC(=O)c1ccc(CN2CC(C)OC2=O)c(Oc2ccc(-c3nnc(C(C)C)s3)cc2)c1. The van der Waals surface area contributed by atoms with Crippen LogP contribution < -0.4 is 4.74 Å². The molecule has 1 amide bonds. The van der Waals surface area contributed by atoms with E-state index in [2.05, 4.69) is 24.0 Å². The van der Waals surface area contributed by atoms with Crippen molar-refractivity contribution < 1.29 is 23.8 Å². The van der Waals surface area contributed by atoms with Crippen molar-refractivity contribution in [2.45, 2.75) is 39.3 Å². The number of aromatic nitrogens is 2. The second-order valence-electron chi connectivity index (χ2n) is 8.12. The lowest BCUT2D eigenvalue weighted by Gasteiger charge is -2.17. The van der Waals surface area contributed by atoms with E-state index >= 15 is 0 Å². The van der Waals surface area contributed by atoms with E-state index in [9.17, 15) is 9.59 Å². The standard InChI is InChI=1S/C24H25N3O5S/c1-14(2)21-25-26-22(33-21)16-7-9-19(10-8-16)32-20-11-17(23(28)30-4)5-6-18(20)13-27-12-15(3)31-24(27)29/h5-11,14-15H,12-13H2,1-4H3. The van der Waals surface area contributed by atoms with Gasteiger partial charge in [0.15, 0.2) is 0 Å². The highest BCUT2D eigenvalue weighted by Gasteiger charge is 2.29. The lowest BCUT2D eigenvalue weighted by atomic mass is 10.1. The van der Waals surface area contributed by atoms with Crippen LogP contribution in [0.2, 0.25) is 0 Å². The number of esters is 1. The Labute approximate surface area is 196 Å². The third-order valence-corrected chi connectivity index (χ3v) is 6.42. The molecule has 0 radical (unpaired) electrons. The van der Waals surface area contributed by atoms with E-state index in [1.807, 2.05) is 31.2 Å². The minimum Gasteiger partial charge on any atom is -0.465 e. The van der Waals surface area contributed by atoms with Gasteiger partial charge in [0, 0.05) is 17.0 Å². The summed E-state index contributed by atoms with van der Waals surface area (Å²) in [5.74, 6) is 0.924. The Morgan fingerprint density at radius 3 is 2.58 bits per heavy atom. The van der Waals surface area contributed by atoms with Gasteiger partial charge in [0.1, 0.15) is 27.6 Å². The third kappa shape index (κ3) is 5.14. The molecule has 8 nitrogen and oxygen atoms in total. The summed E-state index contributed by atoms with van der Waals surface area (Å²) in [7, 11) is 1.33. The average Bonchev–Trinajstić information content (AvgIpc) is 3.41. The molecule has 1 aromatic heterocycles. The van der Waals surface area contributed by atoms with E-state index in [4.69, 9.17) is 14.2 Å². The van der Waals surface area contributed by atoms with E-state index in [0.717, 1.165) is 21.1 Å². The fraction of sp³-hybridized carbons (Fsp3) is 0.333. The fourth-order valence-electron chi connectivity index (χ4n) is 3.41. The van der Waals surface area contributed by atoms with Crippen molar-refractivity contribution in [1.29, 1.82) is 0 Å². The second-order valence-corrected chi connectivity index (χ2v) is 9.12. The van der Waals surface area contributed by atoms with Crippen LogP contribution >= 0.6 is 11.3 Å². The molecule has 2 heterocycles. The Morgan fingerprint density at radius 2 is 1.97 bits per heavy atom. The molecular formula is C24H25N3O5S. The maximum Gasteiger partial charge on any atom is 0.410 e. The van der Waals surface area contributed by atoms with E-state index < -0.39 is 5.97 Å². The van der Waals surface area contributed by atoms with Gasteiger partial charge in [-0.05, 0) is 43.3 Å². The highest BCUT2D eigenvalue weighted by atomic mass is 32.1. The number of amides is 1. The summed E-state index contributed by atoms with van der Waals surface area (Å²) < 4.78 is 16.2. The Bertz CT molecular complexity index is 1160. The number of carbonyl (C=O) groups excluding carboxylic acids is 2. The molecule has 3 aromatic rings. The summed E-state index contributed by atoms with van der Waals surface area (Å²) in [6, 6.07) is 12.6. The Balaban J connectivity index is 1.58. The molecule has 0 bridgehead atoms. The number of methoxy groups -OCH3 is 1. The van der Waals surface area contributed by atoms with Crippen LogP contribution in [-0.4, -0.2) is 46.9 Å². The van der Waals surface area contributed by atoms with Gasteiger partial charge in [-0.15, -0.1) is 10.2 Å². The molecule has 2 aromatic carbocycles. The Kier molecular flexibility index (Phi) is 6.60.